The molecule has 1 amide bonds. The molecule has 1 rings (SSSR count). The maximum atomic E-state index is 10.5. The minimum Gasteiger partial charge on any atom is -0.370 e. The van der Waals surface area contributed by atoms with E-state index in [1.54, 1.807) is 0 Å². The lowest BCUT2D eigenvalue weighted by molar-refractivity contribution is -0.119. The van der Waals surface area contributed by atoms with Gasteiger partial charge in [0.2, 0.25) is 5.91 Å². The van der Waals surface area contributed by atoms with Crippen molar-refractivity contribution >= 4 is 5.91 Å². The van der Waals surface area contributed by atoms with Crippen LogP contribution in [0.15, 0.2) is 0 Å². The molecular weight excluding hydrogens is 176 g/mol. The molecule has 0 aromatic carbocycles. The van der Waals surface area contributed by atoms with E-state index in [1.165, 1.54) is 0 Å². The Balaban J connectivity index is -0.000000258. The second-order valence-electron chi connectivity index (χ2n) is 2.86. The highest BCUT2D eigenvalue weighted by Gasteiger charge is 2.14. The van der Waals surface area contributed by atoms with E-state index in [9.17, 15) is 4.79 Å². The SMILES string of the molecule is CC.CC.NC(=O)CC1CCNCC1.[HH]. The second-order valence-corrected chi connectivity index (χ2v) is 2.86. The Morgan fingerprint density at radius 2 is 1.71 bits per heavy atom. The topological polar surface area (TPSA) is 55.1 Å². The van der Waals surface area contributed by atoms with Gasteiger partial charge in [-0.05, 0) is 31.8 Å². The molecule has 0 bridgehead atoms. The summed E-state index contributed by atoms with van der Waals surface area (Å²) in [5.41, 5.74) is 5.06. The molecule has 3 N–H and O–H groups in total. The van der Waals surface area contributed by atoms with Gasteiger partial charge in [-0.1, -0.05) is 27.7 Å². The molecular formula is C11H28N2O. The average molecular weight is 204 g/mol. The van der Waals surface area contributed by atoms with Crippen LogP contribution in [0.25, 0.3) is 0 Å². The maximum absolute atomic E-state index is 10.5. The molecule has 0 unspecified atom stereocenters. The first-order valence-electron chi connectivity index (χ1n) is 5.78. The van der Waals surface area contributed by atoms with Crippen LogP contribution in [0.1, 0.15) is 48.4 Å². The van der Waals surface area contributed by atoms with Gasteiger partial charge < -0.3 is 11.1 Å². The van der Waals surface area contributed by atoms with Crippen molar-refractivity contribution in [3.8, 4) is 0 Å². The van der Waals surface area contributed by atoms with Crippen molar-refractivity contribution in [3.05, 3.63) is 0 Å². The van der Waals surface area contributed by atoms with E-state index in [-0.39, 0.29) is 7.33 Å². The van der Waals surface area contributed by atoms with Gasteiger partial charge in [-0.3, -0.25) is 4.79 Å². The van der Waals surface area contributed by atoms with Crippen molar-refractivity contribution in [3.63, 3.8) is 0 Å². The van der Waals surface area contributed by atoms with Crippen molar-refractivity contribution < 1.29 is 6.22 Å². The molecule has 14 heavy (non-hydrogen) atoms. The first-order chi connectivity index (χ1) is 6.79. The number of hydrogen-bond acceptors (Lipinski definition) is 2. The Hall–Kier alpha value is -0.570. The first kappa shape index (κ1) is 15.9. The summed E-state index contributed by atoms with van der Waals surface area (Å²) in [5.74, 6) is 0.380. The monoisotopic (exact) mass is 204 g/mol. The lowest BCUT2D eigenvalue weighted by Crippen LogP contribution is -2.30. The lowest BCUT2D eigenvalue weighted by atomic mass is 9.95. The van der Waals surface area contributed by atoms with E-state index < -0.39 is 0 Å². The Bertz CT molecular complexity index is 126. The highest BCUT2D eigenvalue weighted by molar-refractivity contribution is 5.73. The highest BCUT2D eigenvalue weighted by atomic mass is 16.1. The molecule has 0 aromatic heterocycles. The molecule has 88 valence electrons. The van der Waals surface area contributed by atoms with Gasteiger partial charge in [-0.25, -0.2) is 0 Å². The van der Waals surface area contributed by atoms with Crippen LogP contribution in [-0.4, -0.2) is 19.0 Å². The van der Waals surface area contributed by atoms with Crippen LogP contribution in [0.2, 0.25) is 0 Å². The summed E-state index contributed by atoms with van der Waals surface area (Å²) in [4.78, 5) is 10.5. The van der Waals surface area contributed by atoms with Gasteiger partial charge in [0, 0.05) is 7.85 Å². The average Bonchev–Trinajstić information content (AvgIpc) is 2.24. The summed E-state index contributed by atoms with van der Waals surface area (Å²) >= 11 is 0. The van der Waals surface area contributed by atoms with E-state index in [1.807, 2.05) is 27.7 Å². The zero-order chi connectivity index (χ0) is 11.4. The van der Waals surface area contributed by atoms with Gasteiger partial charge in [0.1, 0.15) is 0 Å². The molecule has 1 heterocycles. The third-order valence-electron chi connectivity index (χ3n) is 1.95. The van der Waals surface area contributed by atoms with Gasteiger partial charge in [-0.15, -0.1) is 0 Å². The predicted octanol–water partition coefficient (Wildman–Crippen LogP) is 2.16. The molecule has 3 nitrogen and oxygen atoms in total. The van der Waals surface area contributed by atoms with Gasteiger partial charge in [0.05, 0.1) is 0 Å². The van der Waals surface area contributed by atoms with Crippen LogP contribution in [0.5, 0.6) is 0 Å². The fourth-order valence-corrected chi connectivity index (χ4v) is 1.37. The number of primary amides is 1. The Morgan fingerprint density at radius 3 is 2.07 bits per heavy atom. The highest BCUT2D eigenvalue weighted by Crippen LogP contribution is 2.14. The quantitative estimate of drug-likeness (QED) is 0.724. The van der Waals surface area contributed by atoms with Gasteiger partial charge in [0.25, 0.3) is 0 Å². The van der Waals surface area contributed by atoms with Crippen LogP contribution in [0.3, 0.4) is 0 Å². The maximum Gasteiger partial charge on any atom is 0.217 e. The van der Waals surface area contributed by atoms with E-state index in [0.717, 1.165) is 25.9 Å². The lowest BCUT2D eigenvalue weighted by Gasteiger charge is -2.20. The smallest absolute Gasteiger partial charge is 0.217 e. The number of rotatable bonds is 2. The Morgan fingerprint density at radius 1 is 1.29 bits per heavy atom. The largest absolute Gasteiger partial charge is 0.370 e. The molecule has 0 aliphatic carbocycles. The van der Waals surface area contributed by atoms with Gasteiger partial charge in [-0.2, -0.15) is 0 Å². The van der Waals surface area contributed by atoms with Crippen LogP contribution < -0.4 is 11.1 Å². The van der Waals surface area contributed by atoms with Gasteiger partial charge in [0.15, 0.2) is 0 Å². The van der Waals surface area contributed by atoms with E-state index in [0.29, 0.717) is 12.3 Å². The zero-order valence-corrected chi connectivity index (χ0v) is 10.1. The van der Waals surface area contributed by atoms with E-state index in [2.05, 4.69) is 5.32 Å². The summed E-state index contributed by atoms with van der Waals surface area (Å²) in [6.45, 7) is 10.1. The van der Waals surface area contributed by atoms with Crippen molar-refractivity contribution in [1.82, 2.24) is 5.32 Å². The third-order valence-corrected chi connectivity index (χ3v) is 1.95. The van der Waals surface area contributed by atoms with Crippen LogP contribution in [0.4, 0.5) is 0 Å². The third kappa shape index (κ3) is 9.52. The normalized spacial score (nSPS) is 15.7. The standard InChI is InChI=1S/C7H14N2O.2C2H6.H2/c8-7(10)5-6-1-3-9-4-2-6;2*1-2;/h6,9H,1-5H2,(H2,8,10);2*1-2H3;1H. The van der Waals surface area contributed by atoms with E-state index in [4.69, 9.17) is 5.73 Å². The Kier molecular flexibility index (Phi) is 14.1. The minimum absolute atomic E-state index is 0. The number of nitrogens with one attached hydrogen (secondary N) is 1. The summed E-state index contributed by atoms with van der Waals surface area (Å²) in [6, 6.07) is 0. The summed E-state index contributed by atoms with van der Waals surface area (Å²) < 4.78 is 0. The Labute approximate surface area is 89.9 Å². The number of piperidine rings is 1. The molecule has 1 fully saturated rings. The molecule has 1 aliphatic heterocycles. The fraction of sp³-hybridized carbons (Fsp3) is 0.909. The molecule has 0 aromatic rings. The summed E-state index contributed by atoms with van der Waals surface area (Å²) in [6.07, 6.45) is 2.77. The molecule has 0 atom stereocenters. The van der Waals surface area contributed by atoms with E-state index >= 15 is 0 Å². The minimum atomic E-state index is -0.160. The van der Waals surface area contributed by atoms with Gasteiger partial charge >= 0.3 is 0 Å². The molecule has 1 aliphatic rings. The number of carbonyl (C=O) groups excluding carboxylic acids is 1. The number of amides is 1. The molecule has 1 saturated heterocycles. The fourth-order valence-electron chi connectivity index (χ4n) is 1.37. The first-order valence-corrected chi connectivity index (χ1v) is 5.78. The summed E-state index contributed by atoms with van der Waals surface area (Å²) in [7, 11) is 0. The molecule has 0 radical (unpaired) electrons. The number of hydrogen-bond donors (Lipinski definition) is 2. The summed E-state index contributed by atoms with van der Waals surface area (Å²) in [5, 5.41) is 3.24. The predicted molar refractivity (Wildman–Crippen MR) is 64.2 cm³/mol. The zero-order valence-electron chi connectivity index (χ0n) is 10.1. The number of nitrogens with two attached hydrogens (primary N) is 1. The molecule has 3 heteroatoms. The van der Waals surface area contributed by atoms with Crippen molar-refractivity contribution in [1.29, 1.82) is 0 Å². The molecule has 0 spiro atoms. The number of carbonyl (C=O) groups is 1. The van der Waals surface area contributed by atoms with Crippen molar-refractivity contribution in [2.24, 2.45) is 11.7 Å². The van der Waals surface area contributed by atoms with Crippen LogP contribution in [0, 0.1) is 5.92 Å². The second kappa shape index (κ2) is 12.4. The van der Waals surface area contributed by atoms with Crippen LogP contribution >= 0.6 is 0 Å². The van der Waals surface area contributed by atoms with Crippen molar-refractivity contribution in [2.75, 3.05) is 13.1 Å². The van der Waals surface area contributed by atoms with Crippen LogP contribution in [-0.2, 0) is 4.79 Å². The van der Waals surface area contributed by atoms with Crippen molar-refractivity contribution in [2.45, 2.75) is 47.0 Å². The molecule has 0 saturated carbocycles.